The average Bonchev–Trinajstić information content (AvgIpc) is 2.63. The molecule has 1 unspecified atom stereocenters. The normalized spacial score (nSPS) is 12.2. The molecule has 0 aliphatic rings. The lowest BCUT2D eigenvalue weighted by Gasteiger charge is -2.08. The Morgan fingerprint density at radius 1 is 1.77 bits per heavy atom. The number of hydrogen-bond donors (Lipinski definition) is 0. The van der Waals surface area contributed by atoms with Gasteiger partial charge in [0.05, 0.1) is 7.11 Å². The van der Waals surface area contributed by atoms with Gasteiger partial charge in [0.25, 0.3) is 0 Å². The predicted octanol–water partition coefficient (Wildman–Crippen LogP) is 0.430. The Labute approximate surface area is 75.3 Å². The molecule has 13 heavy (non-hydrogen) atoms. The van der Waals surface area contributed by atoms with E-state index in [1.165, 1.54) is 17.9 Å². The first-order valence-corrected chi connectivity index (χ1v) is 3.77. The van der Waals surface area contributed by atoms with Crippen LogP contribution in [0.1, 0.15) is 23.5 Å². The van der Waals surface area contributed by atoms with E-state index in [4.69, 9.17) is 0 Å². The second-order valence-electron chi connectivity index (χ2n) is 2.54. The molecule has 0 spiro atoms. The molecule has 1 heterocycles. The second-order valence-corrected chi connectivity index (χ2v) is 2.54. The Morgan fingerprint density at radius 3 is 2.92 bits per heavy atom. The standard InChI is InChI=1S/C8H10N2O3/c1-6(8(12)13-2)10-4-3-7(5-11)9-10/h3-6H,1-2H3. The van der Waals surface area contributed by atoms with Gasteiger partial charge >= 0.3 is 5.97 Å². The first kappa shape index (κ1) is 9.44. The topological polar surface area (TPSA) is 61.2 Å². The number of aromatic nitrogens is 2. The summed E-state index contributed by atoms with van der Waals surface area (Å²) in [4.78, 5) is 21.3. The summed E-state index contributed by atoms with van der Waals surface area (Å²) in [6.07, 6.45) is 2.19. The van der Waals surface area contributed by atoms with Crippen molar-refractivity contribution < 1.29 is 14.3 Å². The fraction of sp³-hybridized carbons (Fsp3) is 0.375. The molecule has 0 aromatic carbocycles. The van der Waals surface area contributed by atoms with Gasteiger partial charge in [-0.1, -0.05) is 0 Å². The van der Waals surface area contributed by atoms with E-state index < -0.39 is 6.04 Å². The molecule has 0 amide bonds. The molecular weight excluding hydrogens is 172 g/mol. The molecule has 0 bridgehead atoms. The van der Waals surface area contributed by atoms with Gasteiger partial charge in [-0.25, -0.2) is 4.79 Å². The number of nitrogens with zero attached hydrogens (tertiary/aromatic N) is 2. The van der Waals surface area contributed by atoms with Gasteiger partial charge in [0.1, 0.15) is 11.7 Å². The smallest absolute Gasteiger partial charge is 0.330 e. The number of rotatable bonds is 3. The quantitative estimate of drug-likeness (QED) is 0.502. The van der Waals surface area contributed by atoms with E-state index >= 15 is 0 Å². The average molecular weight is 182 g/mol. The zero-order valence-corrected chi connectivity index (χ0v) is 7.43. The van der Waals surface area contributed by atoms with Crippen LogP contribution in [0.4, 0.5) is 0 Å². The summed E-state index contributed by atoms with van der Waals surface area (Å²) in [5.41, 5.74) is 0.302. The summed E-state index contributed by atoms with van der Waals surface area (Å²) in [6, 6.07) is 1.03. The highest BCUT2D eigenvalue weighted by molar-refractivity contribution is 5.74. The molecule has 0 aliphatic carbocycles. The minimum atomic E-state index is -0.501. The maximum atomic E-state index is 11.0. The largest absolute Gasteiger partial charge is 0.467 e. The van der Waals surface area contributed by atoms with Crippen molar-refractivity contribution in [2.45, 2.75) is 13.0 Å². The van der Waals surface area contributed by atoms with Crippen LogP contribution < -0.4 is 0 Å². The van der Waals surface area contributed by atoms with Crippen LogP contribution in [-0.4, -0.2) is 29.1 Å². The first-order valence-electron chi connectivity index (χ1n) is 3.77. The van der Waals surface area contributed by atoms with Crippen molar-refractivity contribution in [3.05, 3.63) is 18.0 Å². The van der Waals surface area contributed by atoms with Gasteiger partial charge in [-0.2, -0.15) is 5.10 Å². The van der Waals surface area contributed by atoms with Crippen molar-refractivity contribution in [3.8, 4) is 0 Å². The number of esters is 1. The van der Waals surface area contributed by atoms with E-state index in [0.29, 0.717) is 12.0 Å². The zero-order chi connectivity index (χ0) is 9.84. The third-order valence-corrected chi connectivity index (χ3v) is 1.69. The molecular formula is C8H10N2O3. The molecule has 1 rings (SSSR count). The minimum Gasteiger partial charge on any atom is -0.467 e. The van der Waals surface area contributed by atoms with E-state index in [9.17, 15) is 9.59 Å². The van der Waals surface area contributed by atoms with Crippen molar-refractivity contribution in [1.82, 2.24) is 9.78 Å². The van der Waals surface area contributed by atoms with E-state index in [-0.39, 0.29) is 5.97 Å². The Bertz CT molecular complexity index is 319. The molecule has 0 N–H and O–H groups in total. The number of aldehydes is 1. The maximum Gasteiger partial charge on any atom is 0.330 e. The van der Waals surface area contributed by atoms with E-state index in [2.05, 4.69) is 9.84 Å². The van der Waals surface area contributed by atoms with Gasteiger partial charge in [-0.05, 0) is 13.0 Å². The number of hydrogen-bond acceptors (Lipinski definition) is 4. The number of methoxy groups -OCH3 is 1. The van der Waals surface area contributed by atoms with Gasteiger partial charge < -0.3 is 4.74 Å². The molecule has 1 atom stereocenters. The van der Waals surface area contributed by atoms with Crippen LogP contribution in [0.25, 0.3) is 0 Å². The van der Waals surface area contributed by atoms with Crippen molar-refractivity contribution in [2.75, 3.05) is 7.11 Å². The van der Waals surface area contributed by atoms with Crippen LogP contribution in [0.5, 0.6) is 0 Å². The van der Waals surface area contributed by atoms with Gasteiger partial charge in [0.2, 0.25) is 0 Å². The Balaban J connectivity index is 2.82. The molecule has 5 heteroatoms. The lowest BCUT2D eigenvalue weighted by atomic mass is 10.3. The number of ether oxygens (including phenoxy) is 1. The van der Waals surface area contributed by atoms with E-state index in [0.717, 1.165) is 0 Å². The monoisotopic (exact) mass is 182 g/mol. The fourth-order valence-electron chi connectivity index (χ4n) is 0.910. The summed E-state index contributed by atoms with van der Waals surface area (Å²) in [6.45, 7) is 1.65. The van der Waals surface area contributed by atoms with Gasteiger partial charge in [-0.3, -0.25) is 9.48 Å². The van der Waals surface area contributed by atoms with Crippen LogP contribution >= 0.6 is 0 Å². The second kappa shape index (κ2) is 3.84. The summed E-state index contributed by atoms with van der Waals surface area (Å²) >= 11 is 0. The van der Waals surface area contributed by atoms with Crippen molar-refractivity contribution >= 4 is 12.3 Å². The Morgan fingerprint density at radius 2 is 2.46 bits per heavy atom. The van der Waals surface area contributed by atoms with Crippen molar-refractivity contribution in [3.63, 3.8) is 0 Å². The molecule has 0 fully saturated rings. The zero-order valence-electron chi connectivity index (χ0n) is 7.43. The van der Waals surface area contributed by atoms with Crippen LogP contribution in [0.3, 0.4) is 0 Å². The van der Waals surface area contributed by atoms with Crippen LogP contribution in [0, 0.1) is 0 Å². The third kappa shape index (κ3) is 1.93. The van der Waals surface area contributed by atoms with Crippen molar-refractivity contribution in [2.24, 2.45) is 0 Å². The number of carbonyl (C=O) groups excluding carboxylic acids is 2. The van der Waals surface area contributed by atoms with E-state index in [1.807, 2.05) is 0 Å². The van der Waals surface area contributed by atoms with Crippen LogP contribution in [0.2, 0.25) is 0 Å². The van der Waals surface area contributed by atoms with Crippen LogP contribution in [0.15, 0.2) is 12.3 Å². The molecule has 0 saturated carbocycles. The van der Waals surface area contributed by atoms with Gasteiger partial charge in [-0.15, -0.1) is 0 Å². The summed E-state index contributed by atoms with van der Waals surface area (Å²) in [5, 5.41) is 3.85. The first-order chi connectivity index (χ1) is 6.19. The Hall–Kier alpha value is -1.65. The molecule has 5 nitrogen and oxygen atoms in total. The minimum absolute atomic E-state index is 0.302. The van der Waals surface area contributed by atoms with Gasteiger partial charge in [0.15, 0.2) is 6.29 Å². The lowest BCUT2D eigenvalue weighted by molar-refractivity contribution is -0.144. The number of carbonyl (C=O) groups is 2. The molecule has 0 aliphatic heterocycles. The highest BCUT2D eigenvalue weighted by Gasteiger charge is 2.15. The van der Waals surface area contributed by atoms with Crippen molar-refractivity contribution in [1.29, 1.82) is 0 Å². The fourth-order valence-corrected chi connectivity index (χ4v) is 0.910. The molecule has 1 aromatic rings. The highest BCUT2D eigenvalue weighted by atomic mass is 16.5. The van der Waals surface area contributed by atoms with Gasteiger partial charge in [0, 0.05) is 6.20 Å². The SMILES string of the molecule is COC(=O)C(C)n1ccc(C=O)n1. The highest BCUT2D eigenvalue weighted by Crippen LogP contribution is 2.06. The third-order valence-electron chi connectivity index (χ3n) is 1.69. The van der Waals surface area contributed by atoms with E-state index in [1.54, 1.807) is 13.1 Å². The summed E-state index contributed by atoms with van der Waals surface area (Å²) in [7, 11) is 1.31. The summed E-state index contributed by atoms with van der Waals surface area (Å²) in [5.74, 6) is -0.388. The molecule has 1 aromatic heterocycles. The molecule has 0 radical (unpaired) electrons. The summed E-state index contributed by atoms with van der Waals surface area (Å²) < 4.78 is 5.91. The Kier molecular flexibility index (Phi) is 2.79. The maximum absolute atomic E-state index is 11.0. The van der Waals surface area contributed by atoms with Crippen LogP contribution in [-0.2, 0) is 9.53 Å². The molecule has 70 valence electrons. The lowest BCUT2D eigenvalue weighted by Crippen LogP contribution is -2.18. The molecule has 0 saturated heterocycles. The predicted molar refractivity (Wildman–Crippen MR) is 44.3 cm³/mol.